The van der Waals surface area contributed by atoms with Crippen molar-refractivity contribution in [3.63, 3.8) is 0 Å². The Morgan fingerprint density at radius 3 is 2.57 bits per heavy atom. The molecule has 0 saturated carbocycles. The highest BCUT2D eigenvalue weighted by molar-refractivity contribution is 8.00. The minimum absolute atomic E-state index is 0.265. The first-order valence-corrected chi connectivity index (χ1v) is 10.3. The summed E-state index contributed by atoms with van der Waals surface area (Å²) in [6.45, 7) is 1.40. The average Bonchev–Trinajstić information content (AvgIpc) is 2.64. The van der Waals surface area contributed by atoms with Crippen LogP contribution in [-0.2, 0) is 14.3 Å². The van der Waals surface area contributed by atoms with Gasteiger partial charge in [0.25, 0.3) is 5.91 Å². The molecule has 3 rings (SSSR count). The lowest BCUT2D eigenvalue weighted by molar-refractivity contribution is -0.142. The lowest BCUT2D eigenvalue weighted by Gasteiger charge is -2.48. The summed E-state index contributed by atoms with van der Waals surface area (Å²) >= 11 is 18.1. The molecule has 2 heterocycles. The lowest BCUT2D eigenvalue weighted by atomic mass is 10.1. The van der Waals surface area contributed by atoms with Crippen LogP contribution in [-0.4, -0.2) is 49.9 Å². The van der Waals surface area contributed by atoms with Crippen LogP contribution in [0.25, 0.3) is 0 Å². The molecule has 3 atom stereocenters. The number of amides is 3. The maximum absolute atomic E-state index is 12.4. The van der Waals surface area contributed by atoms with Crippen molar-refractivity contribution in [1.29, 1.82) is 0 Å². The molecule has 0 bridgehead atoms. The molecule has 7 nitrogen and oxygen atoms in total. The van der Waals surface area contributed by atoms with E-state index in [-0.39, 0.29) is 22.1 Å². The molecule has 2 aliphatic heterocycles. The summed E-state index contributed by atoms with van der Waals surface area (Å²) in [5.74, 6) is -0.977. The number of ether oxygens (including phenoxy) is 1. The monoisotopic (exact) mass is 463 g/mol. The number of benzene rings is 1. The van der Waals surface area contributed by atoms with Gasteiger partial charge in [-0.15, -0.1) is 11.8 Å². The highest BCUT2D eigenvalue weighted by atomic mass is 35.6. The number of nitrogens with one attached hydrogen (secondary N) is 2. The number of hydrogen-bond acceptors (Lipinski definition) is 5. The molecule has 0 spiro atoms. The van der Waals surface area contributed by atoms with Gasteiger partial charge in [-0.25, -0.2) is 9.59 Å². The molecule has 3 amide bonds. The number of rotatable bonds is 4. The van der Waals surface area contributed by atoms with E-state index in [1.807, 2.05) is 6.07 Å². The molecule has 1 aromatic rings. The smallest absolute Gasteiger partial charge is 0.336 e. The van der Waals surface area contributed by atoms with Gasteiger partial charge >= 0.3 is 12.0 Å². The Labute approximate surface area is 180 Å². The quantitative estimate of drug-likeness (QED) is 0.406. The van der Waals surface area contributed by atoms with Crippen LogP contribution in [0.2, 0.25) is 0 Å². The van der Waals surface area contributed by atoms with Gasteiger partial charge in [0.2, 0.25) is 3.79 Å². The summed E-state index contributed by atoms with van der Waals surface area (Å²) in [6.07, 6.45) is 1.43. The molecule has 1 fully saturated rings. The van der Waals surface area contributed by atoms with Gasteiger partial charge in [-0.2, -0.15) is 0 Å². The second-order valence-electron chi connectivity index (χ2n) is 6.13. The third kappa shape index (κ3) is 4.86. The number of nitrogens with zero attached hydrogens (tertiary/aromatic N) is 1. The number of thioether (sulfide) groups is 1. The molecule has 1 saturated heterocycles. The largest absolute Gasteiger partial charge is 0.458 e. The van der Waals surface area contributed by atoms with E-state index in [1.54, 1.807) is 31.2 Å². The van der Waals surface area contributed by atoms with Crippen LogP contribution >= 0.6 is 46.6 Å². The van der Waals surface area contributed by atoms with E-state index in [0.717, 1.165) is 0 Å². The number of halogens is 3. The zero-order valence-electron chi connectivity index (χ0n) is 14.5. The van der Waals surface area contributed by atoms with Crippen molar-refractivity contribution in [2.24, 2.45) is 0 Å². The number of carbonyl (C=O) groups excluding carboxylic acids is 3. The molecule has 11 heteroatoms. The van der Waals surface area contributed by atoms with Gasteiger partial charge in [-0.3, -0.25) is 4.79 Å². The van der Waals surface area contributed by atoms with E-state index in [0.29, 0.717) is 5.69 Å². The third-order valence-electron chi connectivity index (χ3n) is 4.06. The molecule has 2 N–H and O–H groups in total. The highest BCUT2D eigenvalue weighted by Gasteiger charge is 2.51. The fraction of sp³-hybridized carbons (Fsp3) is 0.353. The Bertz CT molecular complexity index is 816. The molecule has 0 aliphatic carbocycles. The van der Waals surface area contributed by atoms with Gasteiger partial charge in [-0.1, -0.05) is 53.0 Å². The van der Waals surface area contributed by atoms with Crippen molar-refractivity contribution in [3.05, 3.63) is 42.1 Å². The molecule has 0 aromatic heterocycles. The minimum Gasteiger partial charge on any atom is -0.458 e. The van der Waals surface area contributed by atoms with E-state index in [1.165, 1.54) is 22.9 Å². The zero-order chi connectivity index (χ0) is 20.5. The molecule has 150 valence electrons. The van der Waals surface area contributed by atoms with Crippen LogP contribution in [0.15, 0.2) is 42.1 Å². The van der Waals surface area contributed by atoms with Crippen LogP contribution in [0, 0.1) is 0 Å². The Balaban J connectivity index is 1.60. The molecule has 1 aromatic carbocycles. The molecule has 0 radical (unpaired) electrons. The Kier molecular flexibility index (Phi) is 6.34. The molecule has 2 unspecified atom stereocenters. The Morgan fingerprint density at radius 2 is 1.93 bits per heavy atom. The normalized spacial score (nSPS) is 23.9. The topological polar surface area (TPSA) is 87.7 Å². The average molecular weight is 465 g/mol. The van der Waals surface area contributed by atoms with Crippen LogP contribution < -0.4 is 10.6 Å². The standard InChI is InChI=1S/C17H16Cl3N3O4S/c1-9-11(15(25)27-8-17(18,19)20)7-23-13(24)12(14(23)28-9)22-16(26)21-10-5-3-2-4-6-10/h2-7,9,12,14H,8H2,1H3,(H2,21,22,26)/t9?,12?,14-/m1/s1. The summed E-state index contributed by atoms with van der Waals surface area (Å²) in [5.41, 5.74) is 0.906. The number of β-lactam (4-membered cyclic amide) rings is 1. The van der Waals surface area contributed by atoms with Gasteiger partial charge in [0.15, 0.2) is 0 Å². The second-order valence-corrected chi connectivity index (χ2v) is 10.1. The second kappa shape index (κ2) is 8.41. The van der Waals surface area contributed by atoms with Crippen molar-refractivity contribution in [1.82, 2.24) is 10.2 Å². The van der Waals surface area contributed by atoms with E-state index in [4.69, 9.17) is 39.5 Å². The number of hydrogen-bond donors (Lipinski definition) is 2. The summed E-state index contributed by atoms with van der Waals surface area (Å²) in [6, 6.07) is 7.73. The number of alkyl halides is 3. The molecule has 28 heavy (non-hydrogen) atoms. The number of urea groups is 1. The van der Waals surface area contributed by atoms with Crippen LogP contribution in [0.1, 0.15) is 6.92 Å². The van der Waals surface area contributed by atoms with E-state index in [2.05, 4.69) is 10.6 Å². The number of fused-ring (bicyclic) bond motifs is 1. The Morgan fingerprint density at radius 1 is 1.25 bits per heavy atom. The number of esters is 1. The van der Waals surface area contributed by atoms with Gasteiger partial charge < -0.3 is 20.3 Å². The van der Waals surface area contributed by atoms with Crippen molar-refractivity contribution >= 4 is 70.2 Å². The van der Waals surface area contributed by atoms with Crippen LogP contribution in [0.5, 0.6) is 0 Å². The predicted octanol–water partition coefficient (Wildman–Crippen LogP) is 3.28. The maximum atomic E-state index is 12.4. The highest BCUT2D eigenvalue weighted by Crippen LogP contribution is 2.40. The summed E-state index contributed by atoms with van der Waals surface area (Å²) in [7, 11) is 0. The SMILES string of the molecule is CC1S[C@@H]2C(NC(=O)Nc3ccccc3)C(=O)N2C=C1C(=O)OCC(Cl)(Cl)Cl. The maximum Gasteiger partial charge on any atom is 0.336 e. The first-order valence-electron chi connectivity index (χ1n) is 8.21. The minimum atomic E-state index is -1.71. The number of carbonyl (C=O) groups is 3. The molecular weight excluding hydrogens is 449 g/mol. The van der Waals surface area contributed by atoms with Crippen molar-refractivity contribution in [2.45, 2.75) is 27.4 Å². The Hall–Kier alpha value is -1.61. The number of para-hydroxylation sites is 1. The van der Waals surface area contributed by atoms with Crippen LogP contribution in [0.4, 0.5) is 10.5 Å². The number of anilines is 1. The predicted molar refractivity (Wildman–Crippen MR) is 109 cm³/mol. The van der Waals surface area contributed by atoms with Crippen molar-refractivity contribution in [2.75, 3.05) is 11.9 Å². The lowest BCUT2D eigenvalue weighted by Crippen LogP contribution is -2.69. The van der Waals surface area contributed by atoms with Gasteiger partial charge in [0.1, 0.15) is 18.0 Å². The first-order chi connectivity index (χ1) is 13.2. The van der Waals surface area contributed by atoms with Gasteiger partial charge in [0.05, 0.1) is 5.57 Å². The van der Waals surface area contributed by atoms with Gasteiger partial charge in [0, 0.05) is 17.1 Å². The van der Waals surface area contributed by atoms with E-state index >= 15 is 0 Å². The summed E-state index contributed by atoms with van der Waals surface area (Å²) in [5, 5.41) is 4.76. The van der Waals surface area contributed by atoms with Crippen molar-refractivity contribution in [3.8, 4) is 0 Å². The molecular formula is C17H16Cl3N3O4S. The summed E-state index contributed by atoms with van der Waals surface area (Å²) < 4.78 is 3.27. The van der Waals surface area contributed by atoms with E-state index < -0.39 is 28.4 Å². The third-order valence-corrected chi connectivity index (χ3v) is 5.83. The zero-order valence-corrected chi connectivity index (χ0v) is 17.6. The fourth-order valence-corrected chi connectivity index (χ4v) is 4.24. The van der Waals surface area contributed by atoms with Crippen molar-refractivity contribution < 1.29 is 19.1 Å². The van der Waals surface area contributed by atoms with E-state index in [9.17, 15) is 14.4 Å². The summed E-state index contributed by atoms with van der Waals surface area (Å²) in [4.78, 5) is 38.1. The molecule has 2 aliphatic rings. The van der Waals surface area contributed by atoms with Gasteiger partial charge in [-0.05, 0) is 19.1 Å². The fourth-order valence-electron chi connectivity index (χ4n) is 2.72. The first kappa shape index (κ1) is 21.1. The van der Waals surface area contributed by atoms with Crippen LogP contribution in [0.3, 0.4) is 0 Å².